The van der Waals surface area contributed by atoms with Gasteiger partial charge in [-0.2, -0.15) is 0 Å². The maximum absolute atomic E-state index is 11.4. The molecule has 0 spiro atoms. The van der Waals surface area contributed by atoms with Crippen LogP contribution in [0.1, 0.15) is 33.6 Å². The Kier molecular flexibility index (Phi) is 4.97. The molecule has 0 aromatic heterocycles. The topological polar surface area (TPSA) is 47.6 Å². The van der Waals surface area contributed by atoms with E-state index in [4.69, 9.17) is 9.16 Å². The second-order valence-electron chi connectivity index (χ2n) is 6.55. The number of carbonyl (C=O) groups excluding carboxylic acids is 1. The van der Waals surface area contributed by atoms with Gasteiger partial charge in [-0.15, -0.1) is 0 Å². The van der Waals surface area contributed by atoms with E-state index in [1.807, 2.05) is 0 Å². The molecule has 18 heavy (non-hydrogen) atoms. The molecule has 1 rings (SSSR count). The second kappa shape index (κ2) is 5.71. The molecule has 0 aromatic carbocycles. The van der Waals surface area contributed by atoms with Crippen LogP contribution < -0.4 is 5.32 Å². The van der Waals surface area contributed by atoms with Crippen molar-refractivity contribution in [1.82, 2.24) is 5.32 Å². The monoisotopic (exact) mass is 273 g/mol. The summed E-state index contributed by atoms with van der Waals surface area (Å²) in [5, 5.41) is 3.54. The molecule has 0 bridgehead atoms. The summed E-state index contributed by atoms with van der Waals surface area (Å²) >= 11 is 0. The Labute approximate surface area is 112 Å². The van der Waals surface area contributed by atoms with E-state index < -0.39 is 8.32 Å². The van der Waals surface area contributed by atoms with Gasteiger partial charge in [0, 0.05) is 6.04 Å². The van der Waals surface area contributed by atoms with Crippen LogP contribution in [-0.4, -0.2) is 40.1 Å². The molecule has 1 heterocycles. The summed E-state index contributed by atoms with van der Waals surface area (Å²) < 4.78 is 11.1. The first kappa shape index (κ1) is 15.7. The normalized spacial score (nSPS) is 25.2. The molecule has 0 saturated carbocycles. The van der Waals surface area contributed by atoms with Gasteiger partial charge in [0.2, 0.25) is 0 Å². The standard InChI is InChI=1S/C13H27NO3Si/c1-13(2,3)18(5,6)17-11-7-8-14-10(11)9-12(15)16-4/h10-11,14H,7-9H2,1-6H3/t10-,11?/m1/s1. The van der Waals surface area contributed by atoms with Gasteiger partial charge in [0.25, 0.3) is 0 Å². The number of ether oxygens (including phenoxy) is 1. The molecule has 0 amide bonds. The van der Waals surface area contributed by atoms with Crippen molar-refractivity contribution in [2.75, 3.05) is 13.7 Å². The lowest BCUT2D eigenvalue weighted by atomic mass is 10.1. The lowest BCUT2D eigenvalue weighted by Crippen LogP contribution is -2.47. The van der Waals surface area contributed by atoms with Crippen molar-refractivity contribution in [2.45, 2.75) is 63.9 Å². The van der Waals surface area contributed by atoms with Gasteiger partial charge in [-0.3, -0.25) is 4.79 Å². The Bertz CT molecular complexity index is 299. The summed E-state index contributed by atoms with van der Waals surface area (Å²) in [6.45, 7) is 12.1. The van der Waals surface area contributed by atoms with Crippen LogP contribution in [0.2, 0.25) is 18.1 Å². The molecule has 1 N–H and O–H groups in total. The van der Waals surface area contributed by atoms with Crippen LogP contribution in [-0.2, 0) is 14.0 Å². The minimum atomic E-state index is -1.77. The molecule has 1 saturated heterocycles. The zero-order valence-corrected chi connectivity index (χ0v) is 13.5. The predicted molar refractivity (Wildman–Crippen MR) is 75.1 cm³/mol. The SMILES string of the molecule is COC(=O)C[C@H]1NCCC1O[Si](C)(C)C(C)(C)C. The van der Waals surface area contributed by atoms with Crippen molar-refractivity contribution < 1.29 is 14.0 Å². The fraction of sp³-hybridized carbons (Fsp3) is 0.923. The van der Waals surface area contributed by atoms with Gasteiger partial charge < -0.3 is 14.5 Å². The smallest absolute Gasteiger partial charge is 0.307 e. The first-order valence-corrected chi connectivity index (χ1v) is 9.56. The highest BCUT2D eigenvalue weighted by atomic mass is 28.4. The fourth-order valence-electron chi connectivity index (χ4n) is 1.91. The Morgan fingerprint density at radius 3 is 2.50 bits per heavy atom. The van der Waals surface area contributed by atoms with E-state index in [-0.39, 0.29) is 23.2 Å². The minimum Gasteiger partial charge on any atom is -0.469 e. The Hall–Kier alpha value is -0.393. The first-order chi connectivity index (χ1) is 8.17. The number of nitrogens with one attached hydrogen (secondary N) is 1. The van der Waals surface area contributed by atoms with Crippen LogP contribution >= 0.6 is 0 Å². The molecule has 1 fully saturated rings. The van der Waals surface area contributed by atoms with Gasteiger partial charge in [0.15, 0.2) is 8.32 Å². The summed E-state index contributed by atoms with van der Waals surface area (Å²) in [5.74, 6) is -0.168. The minimum absolute atomic E-state index is 0.103. The number of rotatable bonds is 4. The molecule has 106 valence electrons. The molecule has 1 aliphatic rings. The third kappa shape index (κ3) is 3.80. The van der Waals surface area contributed by atoms with E-state index in [0.717, 1.165) is 13.0 Å². The summed E-state index contributed by atoms with van der Waals surface area (Å²) in [6.07, 6.45) is 1.52. The van der Waals surface area contributed by atoms with Crippen LogP contribution in [0, 0.1) is 0 Å². The number of carbonyl (C=O) groups is 1. The zero-order valence-electron chi connectivity index (χ0n) is 12.5. The molecule has 0 aromatic rings. The molecule has 1 aliphatic heterocycles. The summed E-state index contributed by atoms with van der Waals surface area (Å²) in [4.78, 5) is 11.4. The Morgan fingerprint density at radius 2 is 2.00 bits per heavy atom. The highest BCUT2D eigenvalue weighted by molar-refractivity contribution is 6.74. The van der Waals surface area contributed by atoms with Gasteiger partial charge in [0.05, 0.1) is 19.6 Å². The Balaban J connectivity index is 2.63. The van der Waals surface area contributed by atoms with E-state index in [2.05, 4.69) is 39.2 Å². The summed E-state index contributed by atoms with van der Waals surface area (Å²) in [5.41, 5.74) is 0. The van der Waals surface area contributed by atoms with Crippen LogP contribution in [0.15, 0.2) is 0 Å². The maximum atomic E-state index is 11.4. The molecule has 0 radical (unpaired) electrons. The van der Waals surface area contributed by atoms with Crippen molar-refractivity contribution in [3.05, 3.63) is 0 Å². The average Bonchev–Trinajstić information content (AvgIpc) is 2.63. The van der Waals surface area contributed by atoms with E-state index in [1.165, 1.54) is 7.11 Å². The van der Waals surface area contributed by atoms with Gasteiger partial charge in [0.1, 0.15) is 0 Å². The third-order valence-electron chi connectivity index (χ3n) is 4.15. The van der Waals surface area contributed by atoms with Gasteiger partial charge in [-0.25, -0.2) is 0 Å². The first-order valence-electron chi connectivity index (χ1n) is 6.65. The number of methoxy groups -OCH3 is 1. The average molecular weight is 273 g/mol. The Morgan fingerprint density at radius 1 is 1.39 bits per heavy atom. The highest BCUT2D eigenvalue weighted by Crippen LogP contribution is 2.38. The largest absolute Gasteiger partial charge is 0.469 e. The quantitative estimate of drug-likeness (QED) is 0.631. The summed E-state index contributed by atoms with van der Waals surface area (Å²) in [7, 11) is -0.334. The van der Waals surface area contributed by atoms with E-state index in [0.29, 0.717) is 6.42 Å². The number of hydrogen-bond donors (Lipinski definition) is 1. The van der Waals surface area contributed by atoms with E-state index >= 15 is 0 Å². The second-order valence-corrected chi connectivity index (χ2v) is 11.3. The van der Waals surface area contributed by atoms with Crippen molar-refractivity contribution >= 4 is 14.3 Å². The van der Waals surface area contributed by atoms with E-state index in [1.54, 1.807) is 0 Å². The lowest BCUT2D eigenvalue weighted by molar-refractivity contribution is -0.141. The zero-order chi connectivity index (χ0) is 14.0. The molecule has 2 atom stereocenters. The van der Waals surface area contributed by atoms with Crippen LogP contribution in [0.4, 0.5) is 0 Å². The molecular formula is C13H27NO3Si. The van der Waals surface area contributed by atoms with Gasteiger partial charge in [-0.05, 0) is 31.1 Å². The molecule has 1 unspecified atom stereocenters. The van der Waals surface area contributed by atoms with Gasteiger partial charge >= 0.3 is 5.97 Å². The highest BCUT2D eigenvalue weighted by Gasteiger charge is 2.42. The van der Waals surface area contributed by atoms with Crippen molar-refractivity contribution in [2.24, 2.45) is 0 Å². The maximum Gasteiger partial charge on any atom is 0.307 e. The fourth-order valence-corrected chi connectivity index (χ4v) is 3.30. The number of hydrogen-bond acceptors (Lipinski definition) is 4. The van der Waals surface area contributed by atoms with Crippen molar-refractivity contribution in [1.29, 1.82) is 0 Å². The lowest BCUT2D eigenvalue weighted by Gasteiger charge is -2.39. The molecular weight excluding hydrogens is 246 g/mol. The van der Waals surface area contributed by atoms with Crippen LogP contribution in [0.25, 0.3) is 0 Å². The van der Waals surface area contributed by atoms with E-state index in [9.17, 15) is 4.79 Å². The van der Waals surface area contributed by atoms with Crippen molar-refractivity contribution in [3.8, 4) is 0 Å². The van der Waals surface area contributed by atoms with Gasteiger partial charge in [-0.1, -0.05) is 20.8 Å². The van der Waals surface area contributed by atoms with Crippen LogP contribution in [0.5, 0.6) is 0 Å². The summed E-state index contributed by atoms with van der Waals surface area (Å²) in [6, 6.07) is 0.103. The van der Waals surface area contributed by atoms with Crippen molar-refractivity contribution in [3.63, 3.8) is 0 Å². The molecule has 0 aliphatic carbocycles. The molecule has 4 nitrogen and oxygen atoms in total. The molecule has 5 heteroatoms. The third-order valence-corrected chi connectivity index (χ3v) is 8.65. The van der Waals surface area contributed by atoms with Crippen LogP contribution in [0.3, 0.4) is 0 Å². The predicted octanol–water partition coefficient (Wildman–Crippen LogP) is 2.30. The number of esters is 1.